The van der Waals surface area contributed by atoms with Gasteiger partial charge in [0.15, 0.2) is 0 Å². The smallest absolute Gasteiger partial charge is 0.128 e. The maximum absolute atomic E-state index is 14.1. The lowest BCUT2D eigenvalue weighted by atomic mass is 9.93. The zero-order valence-electron chi connectivity index (χ0n) is 11.1. The zero-order chi connectivity index (χ0) is 13.8. The van der Waals surface area contributed by atoms with Crippen LogP contribution in [0.15, 0.2) is 46.9 Å². The van der Waals surface area contributed by atoms with E-state index in [9.17, 15) is 4.39 Å². The van der Waals surface area contributed by atoms with Gasteiger partial charge in [0.1, 0.15) is 5.82 Å². The second-order valence-corrected chi connectivity index (χ2v) is 5.36. The highest BCUT2D eigenvalue weighted by molar-refractivity contribution is 9.10. The Bertz CT molecular complexity index is 568. The molecule has 1 N–H and O–H groups in total. The van der Waals surface area contributed by atoms with Crippen LogP contribution in [-0.4, -0.2) is 7.05 Å². The molecular weight excluding hydrogens is 305 g/mol. The first-order chi connectivity index (χ1) is 9.17. The van der Waals surface area contributed by atoms with E-state index in [0.717, 1.165) is 16.5 Å². The summed E-state index contributed by atoms with van der Waals surface area (Å²) in [6, 6.07) is 13.1. The minimum absolute atomic E-state index is 0.131. The molecule has 0 aliphatic heterocycles. The second-order valence-electron chi connectivity index (χ2n) is 4.44. The molecule has 1 unspecified atom stereocenters. The number of nitrogens with one attached hydrogen (secondary N) is 1. The molecule has 100 valence electrons. The third kappa shape index (κ3) is 3.04. The normalized spacial score (nSPS) is 12.4. The summed E-state index contributed by atoms with van der Waals surface area (Å²) in [6.45, 7) is 2.11. The van der Waals surface area contributed by atoms with Gasteiger partial charge in [0.2, 0.25) is 0 Å². The summed E-state index contributed by atoms with van der Waals surface area (Å²) in [7, 11) is 1.86. The van der Waals surface area contributed by atoms with Gasteiger partial charge in [-0.3, -0.25) is 0 Å². The molecule has 0 bridgehead atoms. The molecule has 0 aliphatic carbocycles. The number of benzene rings is 2. The Morgan fingerprint density at radius 1 is 1.16 bits per heavy atom. The lowest BCUT2D eigenvalue weighted by molar-refractivity contribution is 0.574. The van der Waals surface area contributed by atoms with Crippen LogP contribution < -0.4 is 5.32 Å². The van der Waals surface area contributed by atoms with Crippen molar-refractivity contribution in [1.29, 1.82) is 0 Å². The standard InChI is InChI=1S/C16H17BrFN/c1-3-11-6-4-5-7-13(11)16(19-2)14-10-12(17)8-9-15(14)18/h4-10,16,19H,3H2,1-2H3. The van der Waals surface area contributed by atoms with Crippen molar-refractivity contribution in [2.45, 2.75) is 19.4 Å². The van der Waals surface area contributed by atoms with Crippen LogP contribution in [0.2, 0.25) is 0 Å². The molecule has 19 heavy (non-hydrogen) atoms. The minimum atomic E-state index is -0.187. The van der Waals surface area contributed by atoms with Gasteiger partial charge in [-0.05, 0) is 42.8 Å². The molecule has 0 heterocycles. The summed E-state index contributed by atoms with van der Waals surface area (Å²) < 4.78 is 15.0. The molecule has 2 aromatic carbocycles. The SMILES string of the molecule is CCc1ccccc1C(NC)c1cc(Br)ccc1F. The van der Waals surface area contributed by atoms with Crippen molar-refractivity contribution in [2.24, 2.45) is 0 Å². The minimum Gasteiger partial charge on any atom is -0.309 e. The molecule has 0 aromatic heterocycles. The second kappa shape index (κ2) is 6.31. The highest BCUT2D eigenvalue weighted by Crippen LogP contribution is 2.29. The summed E-state index contributed by atoms with van der Waals surface area (Å²) in [6.07, 6.45) is 0.934. The van der Waals surface area contributed by atoms with Gasteiger partial charge >= 0.3 is 0 Å². The summed E-state index contributed by atoms with van der Waals surface area (Å²) in [5, 5.41) is 3.22. The Hall–Kier alpha value is -1.19. The van der Waals surface area contributed by atoms with Crippen LogP contribution in [0.4, 0.5) is 4.39 Å². The zero-order valence-corrected chi connectivity index (χ0v) is 12.7. The first-order valence-electron chi connectivity index (χ1n) is 6.37. The van der Waals surface area contributed by atoms with Gasteiger partial charge in [0.25, 0.3) is 0 Å². The average molecular weight is 322 g/mol. The monoisotopic (exact) mass is 321 g/mol. The van der Waals surface area contributed by atoms with Crippen molar-refractivity contribution >= 4 is 15.9 Å². The fraction of sp³-hybridized carbons (Fsp3) is 0.250. The van der Waals surface area contributed by atoms with E-state index >= 15 is 0 Å². The van der Waals surface area contributed by atoms with Crippen LogP contribution in [0, 0.1) is 5.82 Å². The molecule has 3 heteroatoms. The van der Waals surface area contributed by atoms with Crippen LogP contribution >= 0.6 is 15.9 Å². The van der Waals surface area contributed by atoms with E-state index in [2.05, 4.69) is 40.3 Å². The van der Waals surface area contributed by atoms with Crippen LogP contribution in [0.3, 0.4) is 0 Å². The van der Waals surface area contributed by atoms with E-state index < -0.39 is 0 Å². The number of hydrogen-bond donors (Lipinski definition) is 1. The molecule has 0 spiro atoms. The number of halogens is 2. The van der Waals surface area contributed by atoms with E-state index in [-0.39, 0.29) is 11.9 Å². The third-order valence-corrected chi connectivity index (χ3v) is 3.80. The lowest BCUT2D eigenvalue weighted by Gasteiger charge is -2.21. The molecule has 0 aliphatic rings. The Kier molecular flexibility index (Phi) is 4.72. The van der Waals surface area contributed by atoms with E-state index in [1.54, 1.807) is 6.07 Å². The van der Waals surface area contributed by atoms with Crippen LogP contribution in [0.5, 0.6) is 0 Å². The number of rotatable bonds is 4. The van der Waals surface area contributed by atoms with Gasteiger partial charge < -0.3 is 5.32 Å². The first-order valence-corrected chi connectivity index (χ1v) is 7.16. The fourth-order valence-electron chi connectivity index (χ4n) is 2.35. The van der Waals surface area contributed by atoms with Gasteiger partial charge in [0.05, 0.1) is 6.04 Å². The number of hydrogen-bond acceptors (Lipinski definition) is 1. The topological polar surface area (TPSA) is 12.0 Å². The van der Waals surface area contributed by atoms with E-state index in [4.69, 9.17) is 0 Å². The maximum atomic E-state index is 14.1. The summed E-state index contributed by atoms with van der Waals surface area (Å²) in [5.41, 5.74) is 3.03. The highest BCUT2D eigenvalue weighted by Gasteiger charge is 2.18. The van der Waals surface area contributed by atoms with Gasteiger partial charge in [-0.2, -0.15) is 0 Å². The Morgan fingerprint density at radius 2 is 1.89 bits per heavy atom. The molecular formula is C16H17BrFN. The maximum Gasteiger partial charge on any atom is 0.128 e. The van der Waals surface area contributed by atoms with Gasteiger partial charge in [-0.1, -0.05) is 47.1 Å². The van der Waals surface area contributed by atoms with Gasteiger partial charge in [-0.15, -0.1) is 0 Å². The predicted molar refractivity (Wildman–Crippen MR) is 80.8 cm³/mol. The summed E-state index contributed by atoms with van der Waals surface area (Å²) >= 11 is 3.41. The van der Waals surface area contributed by atoms with E-state index in [1.807, 2.05) is 25.2 Å². The van der Waals surface area contributed by atoms with E-state index in [1.165, 1.54) is 11.6 Å². The van der Waals surface area contributed by atoms with Crippen molar-refractivity contribution in [1.82, 2.24) is 5.32 Å². The van der Waals surface area contributed by atoms with Crippen molar-refractivity contribution in [2.75, 3.05) is 7.05 Å². The lowest BCUT2D eigenvalue weighted by Crippen LogP contribution is -2.20. The van der Waals surface area contributed by atoms with Crippen LogP contribution in [0.1, 0.15) is 29.7 Å². The summed E-state index contributed by atoms with van der Waals surface area (Å²) in [4.78, 5) is 0. The average Bonchev–Trinajstić information content (AvgIpc) is 2.44. The molecule has 0 fully saturated rings. The first kappa shape index (κ1) is 14.2. The molecule has 0 radical (unpaired) electrons. The van der Waals surface area contributed by atoms with Crippen molar-refractivity contribution < 1.29 is 4.39 Å². The third-order valence-electron chi connectivity index (χ3n) is 3.30. The number of aryl methyl sites for hydroxylation is 1. The molecule has 2 rings (SSSR count). The van der Waals surface area contributed by atoms with Gasteiger partial charge in [-0.25, -0.2) is 4.39 Å². The van der Waals surface area contributed by atoms with Crippen molar-refractivity contribution in [3.05, 3.63) is 69.4 Å². The van der Waals surface area contributed by atoms with Crippen molar-refractivity contribution in [3.8, 4) is 0 Å². The molecule has 2 aromatic rings. The van der Waals surface area contributed by atoms with Crippen LogP contribution in [0.25, 0.3) is 0 Å². The quantitative estimate of drug-likeness (QED) is 0.876. The molecule has 0 amide bonds. The predicted octanol–water partition coefficient (Wildman–Crippen LogP) is 4.46. The Balaban J connectivity index is 2.53. The largest absolute Gasteiger partial charge is 0.309 e. The summed E-state index contributed by atoms with van der Waals surface area (Å²) in [5.74, 6) is -0.187. The fourth-order valence-corrected chi connectivity index (χ4v) is 2.73. The molecule has 1 nitrogen and oxygen atoms in total. The van der Waals surface area contributed by atoms with E-state index in [0.29, 0.717) is 5.56 Å². The van der Waals surface area contributed by atoms with Gasteiger partial charge in [0, 0.05) is 10.0 Å². The van der Waals surface area contributed by atoms with Crippen LogP contribution in [-0.2, 0) is 6.42 Å². The molecule has 1 atom stereocenters. The Morgan fingerprint density at radius 3 is 2.58 bits per heavy atom. The molecule has 0 saturated heterocycles. The molecule has 0 saturated carbocycles. The Labute approximate surface area is 122 Å². The van der Waals surface area contributed by atoms with Crippen molar-refractivity contribution in [3.63, 3.8) is 0 Å². The highest BCUT2D eigenvalue weighted by atomic mass is 79.9.